The molecule has 1 aromatic carbocycles. The van der Waals surface area contributed by atoms with Crippen LogP contribution in [0.2, 0.25) is 0 Å². The van der Waals surface area contributed by atoms with Crippen molar-refractivity contribution in [3.05, 3.63) is 42.9 Å². The number of sulfonamides is 1. The number of esters is 1. The molecule has 0 saturated carbocycles. The summed E-state index contributed by atoms with van der Waals surface area (Å²) in [4.78, 5) is 30.6. The average Bonchev–Trinajstić information content (AvgIpc) is 2.67. The van der Waals surface area contributed by atoms with Crippen LogP contribution < -0.4 is 15.4 Å². The topological polar surface area (TPSA) is 139 Å². The fourth-order valence-corrected chi connectivity index (χ4v) is 3.38. The average molecular weight is 461 g/mol. The van der Waals surface area contributed by atoms with Crippen molar-refractivity contribution in [2.75, 3.05) is 16.6 Å². The Morgan fingerprint density at radius 2 is 1.77 bits per heavy atom. The van der Waals surface area contributed by atoms with Crippen molar-refractivity contribution < 1.29 is 35.9 Å². The van der Waals surface area contributed by atoms with Crippen LogP contribution in [0.15, 0.2) is 47.8 Å². The Morgan fingerprint density at radius 3 is 2.26 bits per heavy atom. The molecule has 1 aromatic heterocycles. The third-order valence-electron chi connectivity index (χ3n) is 3.69. The van der Waals surface area contributed by atoms with Crippen LogP contribution in [-0.4, -0.2) is 48.7 Å². The van der Waals surface area contributed by atoms with Crippen molar-refractivity contribution in [3.63, 3.8) is 0 Å². The molecule has 0 bridgehead atoms. The van der Waals surface area contributed by atoms with Gasteiger partial charge in [-0.3, -0.25) is 9.52 Å². The number of rotatable bonds is 8. The molecule has 1 amide bonds. The summed E-state index contributed by atoms with van der Waals surface area (Å²) in [6.07, 6.45) is -2.85. The van der Waals surface area contributed by atoms with E-state index in [4.69, 9.17) is 0 Å². The van der Waals surface area contributed by atoms with Crippen molar-refractivity contribution in [1.29, 1.82) is 0 Å². The third kappa shape index (κ3) is 5.59. The Labute approximate surface area is 175 Å². The summed E-state index contributed by atoms with van der Waals surface area (Å²) in [6.45, 7) is 1.73. The van der Waals surface area contributed by atoms with E-state index in [0.717, 1.165) is 37.5 Å². The number of carbonyl (C=O) groups excluding carboxylic acids is 2. The second-order valence-electron chi connectivity index (χ2n) is 6.00. The zero-order valence-electron chi connectivity index (χ0n) is 16.2. The highest BCUT2D eigenvalue weighted by atomic mass is 32.2. The monoisotopic (exact) mass is 461 g/mol. The summed E-state index contributed by atoms with van der Waals surface area (Å²) in [5, 5.41) is 3.46. The minimum Gasteiger partial charge on any atom is -0.463 e. The lowest BCUT2D eigenvalue weighted by Gasteiger charge is -2.35. The highest BCUT2D eigenvalue weighted by molar-refractivity contribution is 7.92. The van der Waals surface area contributed by atoms with Crippen LogP contribution in [0.3, 0.4) is 0 Å². The van der Waals surface area contributed by atoms with E-state index in [1.54, 1.807) is 5.32 Å². The normalized spacial score (nSPS) is 13.6. The van der Waals surface area contributed by atoms with Gasteiger partial charge in [0.1, 0.15) is 12.1 Å². The van der Waals surface area contributed by atoms with Gasteiger partial charge in [0.25, 0.3) is 10.0 Å². The second kappa shape index (κ2) is 9.16. The smallest absolute Gasteiger partial charge is 0.441 e. The number of ether oxygens (including phenoxy) is 1. The van der Waals surface area contributed by atoms with E-state index in [2.05, 4.69) is 19.4 Å². The summed E-state index contributed by atoms with van der Waals surface area (Å²) >= 11 is 0. The number of amides is 1. The summed E-state index contributed by atoms with van der Waals surface area (Å²) in [6, 6.07) is 5.31. The van der Waals surface area contributed by atoms with Gasteiger partial charge in [0.2, 0.25) is 5.91 Å². The molecule has 0 aliphatic rings. The number of aromatic nitrogens is 2. The fraction of sp³-hybridized carbons (Fsp3) is 0.294. The van der Waals surface area contributed by atoms with Crippen LogP contribution in [0.1, 0.15) is 13.8 Å². The summed E-state index contributed by atoms with van der Waals surface area (Å²) in [5.41, 5.74) is -3.88. The number of halogens is 3. The van der Waals surface area contributed by atoms with E-state index in [1.807, 2.05) is 5.32 Å². The summed E-state index contributed by atoms with van der Waals surface area (Å²) in [7, 11) is -4.10. The third-order valence-corrected chi connectivity index (χ3v) is 5.06. The van der Waals surface area contributed by atoms with Crippen molar-refractivity contribution in [3.8, 4) is 0 Å². The summed E-state index contributed by atoms with van der Waals surface area (Å²) in [5.74, 6) is -2.94. The predicted molar refractivity (Wildman–Crippen MR) is 102 cm³/mol. The molecule has 0 fully saturated rings. The lowest BCUT2D eigenvalue weighted by atomic mass is 10.1. The van der Waals surface area contributed by atoms with Gasteiger partial charge in [-0.1, -0.05) is 0 Å². The highest BCUT2D eigenvalue weighted by Gasteiger charge is 2.63. The lowest BCUT2D eigenvalue weighted by molar-refractivity contribution is -0.207. The van der Waals surface area contributed by atoms with Gasteiger partial charge in [-0.05, 0) is 37.3 Å². The number of benzene rings is 1. The molecule has 2 rings (SSSR count). The first-order chi connectivity index (χ1) is 14.4. The molecule has 10 nitrogen and oxygen atoms in total. The molecule has 0 saturated heterocycles. The Hall–Kier alpha value is -3.42. The molecule has 168 valence electrons. The largest absolute Gasteiger partial charge is 0.463 e. The van der Waals surface area contributed by atoms with E-state index >= 15 is 0 Å². The SMILES string of the molecule is CCOC(=O)[C@@](NC(C)=O)(Nc1ccc(S(=O)(=O)Nc2ccncn2)cc1)C(F)(F)F. The van der Waals surface area contributed by atoms with Crippen LogP contribution in [0.25, 0.3) is 0 Å². The molecule has 3 N–H and O–H groups in total. The Balaban J connectivity index is 2.36. The molecule has 31 heavy (non-hydrogen) atoms. The number of hydrogen-bond donors (Lipinski definition) is 3. The number of carbonyl (C=O) groups is 2. The maximum Gasteiger partial charge on any atom is 0.441 e. The van der Waals surface area contributed by atoms with E-state index in [0.29, 0.717) is 0 Å². The number of hydrogen-bond acceptors (Lipinski definition) is 8. The van der Waals surface area contributed by atoms with Crippen LogP contribution in [-0.2, 0) is 24.3 Å². The van der Waals surface area contributed by atoms with Crippen molar-refractivity contribution in [2.24, 2.45) is 0 Å². The number of nitrogens with zero attached hydrogens (tertiary/aromatic N) is 2. The van der Waals surface area contributed by atoms with Gasteiger partial charge in [-0.15, -0.1) is 0 Å². The zero-order chi connectivity index (χ0) is 23.3. The molecule has 2 aromatic rings. The molecule has 1 heterocycles. The van der Waals surface area contributed by atoms with E-state index in [1.165, 1.54) is 19.2 Å². The number of alkyl halides is 3. The van der Waals surface area contributed by atoms with Crippen molar-refractivity contribution in [2.45, 2.75) is 30.6 Å². The molecule has 0 radical (unpaired) electrons. The van der Waals surface area contributed by atoms with Gasteiger partial charge in [0.15, 0.2) is 0 Å². The van der Waals surface area contributed by atoms with Crippen LogP contribution in [0.4, 0.5) is 24.7 Å². The standard InChI is InChI=1S/C17H18F3N5O5S/c1-3-30-15(27)16(17(18,19)20,23-11(2)26)24-12-4-6-13(7-5-12)31(28,29)25-14-8-9-21-10-22-14/h4-10,24H,3H2,1-2H3,(H,23,26)(H,21,22,25)/t16-/m1/s1. The first kappa shape index (κ1) is 23.9. The van der Waals surface area contributed by atoms with Gasteiger partial charge < -0.3 is 15.4 Å². The number of anilines is 2. The minimum absolute atomic E-state index is 0.0127. The molecule has 0 aliphatic carbocycles. The molecule has 0 spiro atoms. The van der Waals surface area contributed by atoms with Gasteiger partial charge in [-0.2, -0.15) is 13.2 Å². The van der Waals surface area contributed by atoms with Gasteiger partial charge in [-0.25, -0.2) is 23.2 Å². The number of nitrogens with one attached hydrogen (secondary N) is 3. The van der Waals surface area contributed by atoms with E-state index < -0.39 is 33.7 Å². The first-order valence-corrected chi connectivity index (χ1v) is 10.1. The fourth-order valence-electron chi connectivity index (χ4n) is 2.38. The first-order valence-electron chi connectivity index (χ1n) is 8.61. The maximum absolute atomic E-state index is 13.8. The Morgan fingerprint density at radius 1 is 1.13 bits per heavy atom. The molecule has 14 heteroatoms. The van der Waals surface area contributed by atoms with E-state index in [9.17, 15) is 31.2 Å². The van der Waals surface area contributed by atoms with Crippen LogP contribution in [0.5, 0.6) is 0 Å². The molecule has 0 aliphatic heterocycles. The second-order valence-corrected chi connectivity index (χ2v) is 7.68. The maximum atomic E-state index is 13.8. The Kier molecular flexibility index (Phi) is 7.05. The molecule has 0 unspecified atom stereocenters. The highest BCUT2D eigenvalue weighted by Crippen LogP contribution is 2.33. The van der Waals surface area contributed by atoms with Gasteiger partial charge in [0.05, 0.1) is 11.5 Å². The van der Waals surface area contributed by atoms with Gasteiger partial charge in [0, 0.05) is 18.8 Å². The van der Waals surface area contributed by atoms with E-state index in [-0.39, 0.29) is 23.0 Å². The van der Waals surface area contributed by atoms with Crippen molar-refractivity contribution in [1.82, 2.24) is 15.3 Å². The van der Waals surface area contributed by atoms with Crippen molar-refractivity contribution >= 4 is 33.4 Å². The quantitative estimate of drug-likeness (QED) is 0.398. The predicted octanol–water partition coefficient (Wildman–Crippen LogP) is 1.65. The molecular formula is C17H18F3N5O5S. The molecular weight excluding hydrogens is 443 g/mol. The zero-order valence-corrected chi connectivity index (χ0v) is 17.0. The van der Waals surface area contributed by atoms with Crippen LogP contribution in [0, 0.1) is 0 Å². The van der Waals surface area contributed by atoms with Gasteiger partial charge >= 0.3 is 17.8 Å². The van der Waals surface area contributed by atoms with Crippen LogP contribution >= 0.6 is 0 Å². The summed E-state index contributed by atoms with van der Waals surface area (Å²) < 4.78 is 72.9. The lowest BCUT2D eigenvalue weighted by Crippen LogP contribution is -2.69. The minimum atomic E-state index is -5.29. The Bertz CT molecular complexity index is 1030. The molecule has 1 atom stereocenters.